The van der Waals surface area contributed by atoms with Crippen LogP contribution in [0.25, 0.3) is 0 Å². The van der Waals surface area contributed by atoms with Crippen LogP contribution >= 0.6 is 0 Å². The highest BCUT2D eigenvalue weighted by molar-refractivity contribution is 5.87. The molecule has 0 aromatic carbocycles. The first-order chi connectivity index (χ1) is 7.32. The summed E-state index contributed by atoms with van der Waals surface area (Å²) in [7, 11) is 0. The molecular formula is C10H16N2O4. The van der Waals surface area contributed by atoms with Gasteiger partial charge in [-0.25, -0.2) is 0 Å². The molecule has 3 N–H and O–H groups in total. The monoisotopic (exact) mass is 228 g/mol. The topological polar surface area (TPSA) is 98.5 Å². The van der Waals surface area contributed by atoms with Gasteiger partial charge in [-0.2, -0.15) is 0 Å². The van der Waals surface area contributed by atoms with Gasteiger partial charge in [-0.1, -0.05) is 5.57 Å². The highest BCUT2D eigenvalue weighted by Crippen LogP contribution is 2.01. The summed E-state index contributed by atoms with van der Waals surface area (Å²) < 4.78 is 4.46. The number of rotatable bonds is 6. The number of carbonyl (C=O) groups is 3. The van der Waals surface area contributed by atoms with Crippen molar-refractivity contribution in [1.82, 2.24) is 5.32 Å². The Hall–Kier alpha value is -1.85. The van der Waals surface area contributed by atoms with Crippen molar-refractivity contribution in [2.75, 3.05) is 6.61 Å². The van der Waals surface area contributed by atoms with Crippen molar-refractivity contribution in [3.8, 4) is 0 Å². The summed E-state index contributed by atoms with van der Waals surface area (Å²) in [6.45, 7) is 6.10. The van der Waals surface area contributed by atoms with Crippen LogP contribution in [0.3, 0.4) is 0 Å². The first-order valence-corrected chi connectivity index (χ1v) is 4.69. The molecule has 0 spiro atoms. The van der Waals surface area contributed by atoms with Gasteiger partial charge in [0.1, 0.15) is 6.04 Å². The van der Waals surface area contributed by atoms with Crippen LogP contribution in [0.1, 0.15) is 20.3 Å². The zero-order valence-electron chi connectivity index (χ0n) is 9.41. The minimum Gasteiger partial charge on any atom is -0.456 e. The second-order valence-electron chi connectivity index (χ2n) is 3.46. The molecule has 0 aromatic heterocycles. The molecule has 1 atom stereocenters. The van der Waals surface area contributed by atoms with Crippen LogP contribution < -0.4 is 11.1 Å². The quantitative estimate of drug-likeness (QED) is 0.472. The van der Waals surface area contributed by atoms with E-state index in [9.17, 15) is 14.4 Å². The summed E-state index contributed by atoms with van der Waals surface area (Å²) in [5.41, 5.74) is 5.81. The fourth-order valence-corrected chi connectivity index (χ4v) is 0.974. The van der Waals surface area contributed by atoms with Crippen LogP contribution in [0.2, 0.25) is 0 Å². The number of carbonyl (C=O) groups excluding carboxylic acids is 3. The van der Waals surface area contributed by atoms with Crippen molar-refractivity contribution in [3.05, 3.63) is 12.2 Å². The van der Waals surface area contributed by atoms with E-state index in [2.05, 4.69) is 16.6 Å². The zero-order valence-corrected chi connectivity index (χ0v) is 9.41. The lowest BCUT2D eigenvalue weighted by Crippen LogP contribution is -2.45. The molecule has 0 aliphatic carbocycles. The summed E-state index contributed by atoms with van der Waals surface area (Å²) in [5, 5.41) is 2.35. The van der Waals surface area contributed by atoms with Crippen molar-refractivity contribution in [2.24, 2.45) is 5.73 Å². The third kappa shape index (κ3) is 6.58. The summed E-state index contributed by atoms with van der Waals surface area (Å²) >= 11 is 0. The molecule has 0 saturated heterocycles. The molecule has 0 aromatic rings. The molecule has 0 fully saturated rings. The van der Waals surface area contributed by atoms with Gasteiger partial charge in [-0.05, 0) is 13.3 Å². The van der Waals surface area contributed by atoms with Gasteiger partial charge in [0.25, 0.3) is 5.91 Å². The van der Waals surface area contributed by atoms with E-state index in [-0.39, 0.29) is 6.42 Å². The van der Waals surface area contributed by atoms with E-state index in [0.29, 0.717) is 0 Å². The summed E-state index contributed by atoms with van der Waals surface area (Å²) in [5.74, 6) is -1.79. The van der Waals surface area contributed by atoms with E-state index in [1.54, 1.807) is 6.92 Å². The lowest BCUT2D eigenvalue weighted by molar-refractivity contribution is -0.146. The van der Waals surface area contributed by atoms with Crippen LogP contribution in [0.4, 0.5) is 0 Å². The first-order valence-electron chi connectivity index (χ1n) is 4.69. The van der Waals surface area contributed by atoms with Crippen LogP contribution in [0.15, 0.2) is 12.2 Å². The highest BCUT2D eigenvalue weighted by Gasteiger charge is 2.18. The normalized spacial score (nSPS) is 11.4. The molecule has 0 heterocycles. The molecule has 2 amide bonds. The Morgan fingerprint density at radius 1 is 1.38 bits per heavy atom. The van der Waals surface area contributed by atoms with Crippen molar-refractivity contribution >= 4 is 17.8 Å². The van der Waals surface area contributed by atoms with Gasteiger partial charge in [0, 0.05) is 6.92 Å². The highest BCUT2D eigenvalue weighted by atomic mass is 16.5. The maximum Gasteiger partial charge on any atom is 0.303 e. The van der Waals surface area contributed by atoms with Gasteiger partial charge < -0.3 is 15.8 Å². The van der Waals surface area contributed by atoms with Crippen LogP contribution in [0.5, 0.6) is 0 Å². The van der Waals surface area contributed by atoms with Crippen molar-refractivity contribution in [1.29, 1.82) is 0 Å². The van der Waals surface area contributed by atoms with E-state index in [1.807, 2.05) is 0 Å². The number of hydrogen-bond donors (Lipinski definition) is 2. The van der Waals surface area contributed by atoms with E-state index in [1.165, 1.54) is 6.92 Å². The number of esters is 1. The predicted molar refractivity (Wildman–Crippen MR) is 57.2 cm³/mol. The fraction of sp³-hybridized carbons (Fsp3) is 0.500. The first kappa shape index (κ1) is 14.2. The summed E-state index contributed by atoms with van der Waals surface area (Å²) in [6, 6.07) is -0.819. The third-order valence-corrected chi connectivity index (χ3v) is 1.64. The van der Waals surface area contributed by atoms with Crippen LogP contribution in [0, 0.1) is 0 Å². The van der Waals surface area contributed by atoms with Crippen molar-refractivity contribution < 1.29 is 19.1 Å². The maximum atomic E-state index is 11.2. The van der Waals surface area contributed by atoms with Gasteiger partial charge in [0.15, 0.2) is 6.61 Å². The molecule has 16 heavy (non-hydrogen) atoms. The van der Waals surface area contributed by atoms with Gasteiger partial charge in [-0.15, -0.1) is 6.58 Å². The third-order valence-electron chi connectivity index (χ3n) is 1.64. The predicted octanol–water partition coefficient (Wildman–Crippen LogP) is -0.514. The largest absolute Gasteiger partial charge is 0.456 e. The number of nitrogens with two attached hydrogens (primary N) is 1. The summed E-state index contributed by atoms with van der Waals surface area (Å²) in [6.07, 6.45) is 0.265. The number of ether oxygens (including phenoxy) is 1. The lowest BCUT2D eigenvalue weighted by Gasteiger charge is -2.15. The SMILES string of the molecule is C=C(C)C[C@@H](NC(=O)COC(C)=O)C(N)=O. The lowest BCUT2D eigenvalue weighted by atomic mass is 10.1. The molecule has 0 rings (SSSR count). The van der Waals surface area contributed by atoms with Gasteiger partial charge >= 0.3 is 5.97 Å². The maximum absolute atomic E-state index is 11.2. The Balaban J connectivity index is 4.18. The number of nitrogens with one attached hydrogen (secondary N) is 1. The van der Waals surface area contributed by atoms with Crippen molar-refractivity contribution in [3.63, 3.8) is 0 Å². The molecule has 0 bridgehead atoms. The molecular weight excluding hydrogens is 212 g/mol. The Morgan fingerprint density at radius 3 is 2.31 bits per heavy atom. The van der Waals surface area contributed by atoms with E-state index >= 15 is 0 Å². The fourth-order valence-electron chi connectivity index (χ4n) is 0.974. The average molecular weight is 228 g/mol. The van der Waals surface area contributed by atoms with E-state index in [0.717, 1.165) is 5.57 Å². The standard InChI is InChI=1S/C10H16N2O4/c1-6(2)4-8(10(11)15)12-9(14)5-16-7(3)13/h8H,1,4-5H2,2-3H3,(H2,11,15)(H,12,14)/t8-/m1/s1. The summed E-state index contributed by atoms with van der Waals surface area (Å²) in [4.78, 5) is 32.6. The Kier molecular flexibility index (Phi) is 5.84. The van der Waals surface area contributed by atoms with Gasteiger partial charge in [-0.3, -0.25) is 14.4 Å². The average Bonchev–Trinajstić information content (AvgIpc) is 2.12. The molecule has 0 unspecified atom stereocenters. The Labute approximate surface area is 93.8 Å². The van der Waals surface area contributed by atoms with Gasteiger partial charge in [0.2, 0.25) is 5.91 Å². The molecule has 0 saturated carbocycles. The molecule has 6 nitrogen and oxygen atoms in total. The Morgan fingerprint density at radius 2 is 1.94 bits per heavy atom. The van der Waals surface area contributed by atoms with E-state index < -0.39 is 30.4 Å². The number of amides is 2. The van der Waals surface area contributed by atoms with Crippen molar-refractivity contribution in [2.45, 2.75) is 26.3 Å². The second kappa shape index (κ2) is 6.60. The van der Waals surface area contributed by atoms with Gasteiger partial charge in [0.05, 0.1) is 0 Å². The minimum atomic E-state index is -0.819. The smallest absolute Gasteiger partial charge is 0.303 e. The minimum absolute atomic E-state index is 0.265. The molecule has 0 aliphatic heterocycles. The molecule has 0 aliphatic rings. The van der Waals surface area contributed by atoms with E-state index in [4.69, 9.17) is 5.73 Å². The number of primary amides is 1. The molecule has 90 valence electrons. The van der Waals surface area contributed by atoms with Crippen LogP contribution in [-0.2, 0) is 19.1 Å². The molecule has 6 heteroatoms. The Bertz CT molecular complexity index is 312. The van der Waals surface area contributed by atoms with Crippen LogP contribution in [-0.4, -0.2) is 30.4 Å². The zero-order chi connectivity index (χ0) is 12.7. The second-order valence-corrected chi connectivity index (χ2v) is 3.46. The molecule has 0 radical (unpaired) electrons. The number of hydrogen-bond acceptors (Lipinski definition) is 4.